The molecule has 0 atom stereocenters. The highest BCUT2D eigenvalue weighted by Crippen LogP contribution is 2.48. The van der Waals surface area contributed by atoms with E-state index in [1.807, 2.05) is 12.1 Å². The number of fused-ring (bicyclic) bond motifs is 3. The summed E-state index contributed by atoms with van der Waals surface area (Å²) in [6.45, 7) is 0. The molecule has 5 heteroatoms. The standard InChI is InChI=1S/C21H15F3N2/c22-21(23,24)18-10-9-15(14-7-3-4-8-16(14)20(25)26)17-11-12-5-1-2-6-13(12)19(17)18/h1-10H,11H2,(H3,25,26). The number of hydrogen-bond donors (Lipinski definition) is 2. The molecule has 0 spiro atoms. The molecular formula is C21H15F3N2. The number of rotatable bonds is 2. The molecule has 0 fully saturated rings. The molecule has 0 heterocycles. The Balaban J connectivity index is 2.04. The van der Waals surface area contributed by atoms with E-state index in [-0.39, 0.29) is 11.4 Å². The zero-order valence-electron chi connectivity index (χ0n) is 13.7. The van der Waals surface area contributed by atoms with Crippen LogP contribution in [0.3, 0.4) is 0 Å². The maximum absolute atomic E-state index is 13.6. The molecule has 0 aliphatic heterocycles. The second-order valence-corrected chi connectivity index (χ2v) is 6.31. The quantitative estimate of drug-likeness (QED) is 0.377. The van der Waals surface area contributed by atoms with Crippen LogP contribution in [-0.2, 0) is 12.6 Å². The summed E-state index contributed by atoms with van der Waals surface area (Å²) >= 11 is 0. The molecule has 26 heavy (non-hydrogen) atoms. The Hall–Kier alpha value is -3.08. The van der Waals surface area contributed by atoms with Gasteiger partial charge in [-0.15, -0.1) is 0 Å². The molecule has 2 nitrogen and oxygen atoms in total. The molecule has 0 bridgehead atoms. The van der Waals surface area contributed by atoms with E-state index in [2.05, 4.69) is 0 Å². The minimum absolute atomic E-state index is 0.107. The lowest BCUT2D eigenvalue weighted by atomic mass is 9.89. The summed E-state index contributed by atoms with van der Waals surface area (Å²) < 4.78 is 40.9. The average molecular weight is 352 g/mol. The minimum Gasteiger partial charge on any atom is -0.384 e. The first-order valence-corrected chi connectivity index (χ1v) is 8.13. The molecule has 0 radical (unpaired) electrons. The molecule has 130 valence electrons. The van der Waals surface area contributed by atoms with E-state index in [1.165, 1.54) is 6.07 Å². The van der Waals surface area contributed by atoms with Crippen molar-refractivity contribution in [1.29, 1.82) is 5.41 Å². The highest BCUT2D eigenvalue weighted by Gasteiger charge is 2.38. The summed E-state index contributed by atoms with van der Waals surface area (Å²) in [4.78, 5) is 0. The van der Waals surface area contributed by atoms with Gasteiger partial charge in [-0.3, -0.25) is 5.41 Å². The van der Waals surface area contributed by atoms with Crippen molar-refractivity contribution in [1.82, 2.24) is 0 Å². The first-order valence-electron chi connectivity index (χ1n) is 8.13. The molecule has 3 N–H and O–H groups in total. The van der Waals surface area contributed by atoms with Gasteiger partial charge < -0.3 is 5.73 Å². The van der Waals surface area contributed by atoms with Crippen LogP contribution in [0.25, 0.3) is 22.3 Å². The van der Waals surface area contributed by atoms with Gasteiger partial charge in [-0.2, -0.15) is 13.2 Å². The molecular weight excluding hydrogens is 337 g/mol. The molecule has 0 saturated carbocycles. The van der Waals surface area contributed by atoms with Crippen LogP contribution in [0, 0.1) is 5.41 Å². The van der Waals surface area contributed by atoms with Crippen LogP contribution in [0.4, 0.5) is 13.2 Å². The van der Waals surface area contributed by atoms with Gasteiger partial charge in [0.15, 0.2) is 0 Å². The van der Waals surface area contributed by atoms with E-state index in [0.29, 0.717) is 34.2 Å². The smallest absolute Gasteiger partial charge is 0.384 e. The maximum atomic E-state index is 13.6. The molecule has 1 aliphatic carbocycles. The van der Waals surface area contributed by atoms with Crippen LogP contribution in [0.2, 0.25) is 0 Å². The van der Waals surface area contributed by atoms with E-state index < -0.39 is 11.7 Å². The van der Waals surface area contributed by atoms with Crippen molar-refractivity contribution in [2.75, 3.05) is 0 Å². The first-order chi connectivity index (χ1) is 12.4. The first kappa shape index (κ1) is 16.4. The fraction of sp³-hybridized carbons (Fsp3) is 0.0952. The van der Waals surface area contributed by atoms with E-state index in [1.54, 1.807) is 36.4 Å². The van der Waals surface area contributed by atoms with Gasteiger partial charge in [-0.25, -0.2) is 0 Å². The maximum Gasteiger partial charge on any atom is 0.417 e. The Kier molecular flexibility index (Phi) is 3.61. The highest BCUT2D eigenvalue weighted by atomic mass is 19.4. The van der Waals surface area contributed by atoms with Crippen molar-refractivity contribution in [3.8, 4) is 22.3 Å². The summed E-state index contributed by atoms with van der Waals surface area (Å²) in [6, 6.07) is 16.9. The summed E-state index contributed by atoms with van der Waals surface area (Å²) in [5.74, 6) is -0.107. The fourth-order valence-electron chi connectivity index (χ4n) is 3.69. The van der Waals surface area contributed by atoms with Crippen LogP contribution < -0.4 is 5.73 Å². The van der Waals surface area contributed by atoms with Crippen LogP contribution in [0.5, 0.6) is 0 Å². The van der Waals surface area contributed by atoms with Gasteiger partial charge in [0.25, 0.3) is 0 Å². The number of hydrogen-bond acceptors (Lipinski definition) is 1. The molecule has 1 aliphatic rings. The second-order valence-electron chi connectivity index (χ2n) is 6.31. The monoisotopic (exact) mass is 352 g/mol. The van der Waals surface area contributed by atoms with Crippen molar-refractivity contribution in [3.63, 3.8) is 0 Å². The third-order valence-corrected chi connectivity index (χ3v) is 4.78. The van der Waals surface area contributed by atoms with Gasteiger partial charge in [0.05, 0.1) is 5.56 Å². The van der Waals surface area contributed by atoms with Crippen molar-refractivity contribution >= 4 is 5.84 Å². The summed E-state index contributed by atoms with van der Waals surface area (Å²) in [5, 5.41) is 7.79. The molecule has 3 aromatic rings. The molecule has 4 rings (SSSR count). The lowest BCUT2D eigenvalue weighted by Gasteiger charge is -2.17. The van der Waals surface area contributed by atoms with Crippen molar-refractivity contribution in [2.24, 2.45) is 5.73 Å². The summed E-state index contributed by atoms with van der Waals surface area (Å²) in [6.07, 6.45) is -4.00. The number of nitrogen functional groups attached to an aromatic ring is 1. The number of alkyl halides is 3. The van der Waals surface area contributed by atoms with Crippen molar-refractivity contribution in [2.45, 2.75) is 12.6 Å². The van der Waals surface area contributed by atoms with Crippen molar-refractivity contribution in [3.05, 3.63) is 82.9 Å². The van der Waals surface area contributed by atoms with Gasteiger partial charge in [0, 0.05) is 5.56 Å². The van der Waals surface area contributed by atoms with Crippen LogP contribution in [0.15, 0.2) is 60.7 Å². The Morgan fingerprint density at radius 2 is 1.50 bits per heavy atom. The number of benzene rings is 3. The van der Waals surface area contributed by atoms with Crippen LogP contribution >= 0.6 is 0 Å². The second kappa shape index (κ2) is 5.73. The average Bonchev–Trinajstić information content (AvgIpc) is 2.99. The lowest BCUT2D eigenvalue weighted by Crippen LogP contribution is -2.13. The molecule has 0 saturated heterocycles. The van der Waals surface area contributed by atoms with Crippen LogP contribution in [-0.4, -0.2) is 5.84 Å². The number of halogens is 3. The lowest BCUT2D eigenvalue weighted by molar-refractivity contribution is -0.137. The predicted octanol–water partition coefficient (Wildman–Crippen LogP) is 5.23. The van der Waals surface area contributed by atoms with E-state index >= 15 is 0 Å². The van der Waals surface area contributed by atoms with Gasteiger partial charge in [0.2, 0.25) is 0 Å². The number of nitrogens with one attached hydrogen (secondary N) is 1. The summed E-state index contributed by atoms with van der Waals surface area (Å²) in [5.41, 5.74) is 9.32. The van der Waals surface area contributed by atoms with E-state index in [9.17, 15) is 13.2 Å². The third kappa shape index (κ3) is 2.47. The Labute approximate surface area is 148 Å². The van der Waals surface area contributed by atoms with E-state index in [0.717, 1.165) is 11.6 Å². The zero-order chi connectivity index (χ0) is 18.5. The normalized spacial score (nSPS) is 12.6. The van der Waals surface area contributed by atoms with Crippen LogP contribution in [0.1, 0.15) is 22.3 Å². The van der Waals surface area contributed by atoms with Gasteiger partial charge in [-0.05, 0) is 45.9 Å². The zero-order valence-corrected chi connectivity index (χ0v) is 13.7. The molecule has 0 unspecified atom stereocenters. The largest absolute Gasteiger partial charge is 0.417 e. The number of nitrogens with two attached hydrogens (primary N) is 1. The summed E-state index contributed by atoms with van der Waals surface area (Å²) in [7, 11) is 0. The third-order valence-electron chi connectivity index (χ3n) is 4.78. The number of amidine groups is 1. The molecule has 0 amide bonds. The minimum atomic E-state index is -4.43. The Morgan fingerprint density at radius 3 is 2.19 bits per heavy atom. The topological polar surface area (TPSA) is 49.9 Å². The van der Waals surface area contributed by atoms with Gasteiger partial charge in [0.1, 0.15) is 5.84 Å². The van der Waals surface area contributed by atoms with Gasteiger partial charge >= 0.3 is 6.18 Å². The van der Waals surface area contributed by atoms with Gasteiger partial charge in [-0.1, -0.05) is 54.6 Å². The highest BCUT2D eigenvalue weighted by molar-refractivity contribution is 6.02. The SMILES string of the molecule is N=C(N)c1ccccc1-c1ccc(C(F)(F)F)c2c1Cc1ccccc1-2. The molecule has 0 aromatic heterocycles. The van der Waals surface area contributed by atoms with E-state index in [4.69, 9.17) is 11.1 Å². The Morgan fingerprint density at radius 1 is 0.846 bits per heavy atom. The molecule has 3 aromatic carbocycles. The fourth-order valence-corrected chi connectivity index (χ4v) is 3.69. The van der Waals surface area contributed by atoms with Crippen molar-refractivity contribution < 1.29 is 13.2 Å². The Bertz CT molecular complexity index is 1040. The predicted molar refractivity (Wildman–Crippen MR) is 96.1 cm³/mol.